The molecule has 3 rings (SSSR count). The van der Waals surface area contributed by atoms with E-state index >= 15 is 0 Å². The van der Waals surface area contributed by atoms with Crippen LogP contribution < -0.4 is 0 Å². The van der Waals surface area contributed by atoms with E-state index in [4.69, 9.17) is 4.74 Å². The monoisotopic (exact) mass is 262 g/mol. The van der Waals surface area contributed by atoms with Gasteiger partial charge >= 0.3 is 5.97 Å². The second-order valence-corrected chi connectivity index (χ2v) is 6.18. The number of ketones is 1. The number of ether oxygens (including phenoxy) is 1. The number of allylic oxidation sites excluding steroid dienone is 2. The van der Waals surface area contributed by atoms with Gasteiger partial charge in [0.25, 0.3) is 0 Å². The lowest BCUT2D eigenvalue weighted by atomic mass is 9.67. The third kappa shape index (κ3) is 1.43. The first kappa shape index (κ1) is 12.6. The standard InChI is InChI=1S/C15H18O4/c1-7-6-10-12(8(2)14(18)19-10)13(17)15(3)9(7)4-5-11(15)16/h4-5,7,9-10,12-13,17H,2,6H2,1,3H3/t7-,9+,10+,12?,13-,15-/m0/s1. The van der Waals surface area contributed by atoms with Gasteiger partial charge in [-0.15, -0.1) is 0 Å². The van der Waals surface area contributed by atoms with Gasteiger partial charge in [-0.05, 0) is 31.3 Å². The maximum Gasteiger partial charge on any atom is 0.334 e. The summed E-state index contributed by atoms with van der Waals surface area (Å²) in [6.07, 6.45) is 2.83. The predicted molar refractivity (Wildman–Crippen MR) is 68.0 cm³/mol. The Kier molecular flexibility index (Phi) is 2.52. The first-order valence-corrected chi connectivity index (χ1v) is 6.68. The molecule has 1 N–H and O–H groups in total. The Hall–Kier alpha value is -1.42. The van der Waals surface area contributed by atoms with E-state index < -0.39 is 23.4 Å². The summed E-state index contributed by atoms with van der Waals surface area (Å²) in [6.45, 7) is 7.57. The van der Waals surface area contributed by atoms with Crippen molar-refractivity contribution in [1.29, 1.82) is 0 Å². The molecule has 0 radical (unpaired) electrons. The summed E-state index contributed by atoms with van der Waals surface area (Å²) in [5.41, 5.74) is -0.568. The van der Waals surface area contributed by atoms with Crippen molar-refractivity contribution >= 4 is 11.8 Å². The Bertz CT molecular complexity index is 506. The molecule has 0 bridgehead atoms. The number of carbonyl (C=O) groups excluding carboxylic acids is 2. The van der Waals surface area contributed by atoms with Crippen molar-refractivity contribution in [3.63, 3.8) is 0 Å². The Morgan fingerprint density at radius 3 is 2.84 bits per heavy atom. The van der Waals surface area contributed by atoms with Crippen LogP contribution in [0.2, 0.25) is 0 Å². The molecule has 2 fully saturated rings. The number of hydrogen-bond donors (Lipinski definition) is 1. The highest BCUT2D eigenvalue weighted by Gasteiger charge is 2.59. The molecule has 0 aromatic heterocycles. The number of aliphatic hydroxyl groups excluding tert-OH is 1. The van der Waals surface area contributed by atoms with E-state index in [-0.39, 0.29) is 23.7 Å². The van der Waals surface area contributed by atoms with Gasteiger partial charge in [-0.3, -0.25) is 4.79 Å². The van der Waals surface area contributed by atoms with Crippen LogP contribution >= 0.6 is 0 Å². The van der Waals surface area contributed by atoms with Crippen LogP contribution in [-0.2, 0) is 14.3 Å². The zero-order valence-electron chi connectivity index (χ0n) is 11.1. The molecule has 4 heteroatoms. The quantitative estimate of drug-likeness (QED) is 0.527. The van der Waals surface area contributed by atoms with Crippen LogP contribution in [0.3, 0.4) is 0 Å². The average molecular weight is 262 g/mol. The second kappa shape index (κ2) is 3.79. The number of fused-ring (bicyclic) bond motifs is 2. The van der Waals surface area contributed by atoms with Gasteiger partial charge in [0.15, 0.2) is 5.78 Å². The molecule has 0 spiro atoms. The van der Waals surface area contributed by atoms with E-state index in [2.05, 4.69) is 6.58 Å². The molecule has 1 saturated carbocycles. The summed E-state index contributed by atoms with van der Waals surface area (Å²) < 4.78 is 5.31. The molecule has 1 heterocycles. The summed E-state index contributed by atoms with van der Waals surface area (Å²) in [4.78, 5) is 23.9. The van der Waals surface area contributed by atoms with Crippen molar-refractivity contribution in [3.05, 3.63) is 24.3 Å². The van der Waals surface area contributed by atoms with E-state index in [1.807, 2.05) is 13.0 Å². The van der Waals surface area contributed by atoms with E-state index in [0.29, 0.717) is 12.0 Å². The highest BCUT2D eigenvalue weighted by Crippen LogP contribution is 2.52. The summed E-state index contributed by atoms with van der Waals surface area (Å²) >= 11 is 0. The van der Waals surface area contributed by atoms with Crippen molar-refractivity contribution in [1.82, 2.24) is 0 Å². The first-order valence-electron chi connectivity index (χ1n) is 6.68. The molecular formula is C15H18O4. The van der Waals surface area contributed by atoms with Crippen LogP contribution in [0.4, 0.5) is 0 Å². The lowest BCUT2D eigenvalue weighted by molar-refractivity contribution is -0.140. The van der Waals surface area contributed by atoms with Gasteiger partial charge < -0.3 is 9.84 Å². The summed E-state index contributed by atoms with van der Waals surface area (Å²) in [5, 5.41) is 10.7. The number of rotatable bonds is 0. The SMILES string of the molecule is C=C1C(=O)O[C@@H]2C[C@H](C)[C@H]3C=CC(=O)[C@@]3(C)[C@@H](O)C12. The van der Waals surface area contributed by atoms with E-state index in [1.165, 1.54) is 0 Å². The van der Waals surface area contributed by atoms with Crippen LogP contribution in [0.25, 0.3) is 0 Å². The minimum Gasteiger partial charge on any atom is -0.458 e. The third-order valence-corrected chi connectivity index (χ3v) is 5.17. The summed E-state index contributed by atoms with van der Waals surface area (Å²) in [7, 11) is 0. The van der Waals surface area contributed by atoms with Crippen LogP contribution in [-0.4, -0.2) is 29.1 Å². The van der Waals surface area contributed by atoms with E-state index in [0.717, 1.165) is 0 Å². The second-order valence-electron chi connectivity index (χ2n) is 6.18. The molecule has 6 atom stereocenters. The van der Waals surface area contributed by atoms with Crippen molar-refractivity contribution in [3.8, 4) is 0 Å². The van der Waals surface area contributed by atoms with E-state index in [1.54, 1.807) is 13.0 Å². The van der Waals surface area contributed by atoms with Crippen molar-refractivity contribution < 1.29 is 19.4 Å². The molecule has 1 aliphatic heterocycles. The molecule has 3 aliphatic rings. The topological polar surface area (TPSA) is 63.6 Å². The highest BCUT2D eigenvalue weighted by molar-refractivity contribution is 5.99. The lowest BCUT2D eigenvalue weighted by Gasteiger charge is -2.37. The van der Waals surface area contributed by atoms with E-state index in [9.17, 15) is 14.7 Å². The van der Waals surface area contributed by atoms with Gasteiger partial charge in [-0.1, -0.05) is 19.6 Å². The maximum atomic E-state index is 12.2. The Morgan fingerprint density at radius 2 is 2.16 bits per heavy atom. The third-order valence-electron chi connectivity index (χ3n) is 5.17. The summed E-state index contributed by atoms with van der Waals surface area (Å²) in [6, 6.07) is 0. The highest BCUT2D eigenvalue weighted by atomic mass is 16.6. The minimum absolute atomic E-state index is 0.00731. The molecule has 0 aromatic rings. The fourth-order valence-electron chi connectivity index (χ4n) is 3.98. The van der Waals surface area contributed by atoms with Gasteiger partial charge in [-0.2, -0.15) is 0 Å². The molecule has 4 nitrogen and oxygen atoms in total. The van der Waals surface area contributed by atoms with Gasteiger partial charge in [0.2, 0.25) is 0 Å². The molecule has 0 amide bonds. The van der Waals surface area contributed by atoms with Gasteiger partial charge in [0.1, 0.15) is 6.10 Å². The zero-order valence-corrected chi connectivity index (χ0v) is 11.1. The summed E-state index contributed by atoms with van der Waals surface area (Å²) in [5.74, 6) is -0.802. The van der Waals surface area contributed by atoms with Gasteiger partial charge in [0, 0.05) is 5.57 Å². The number of esters is 1. The predicted octanol–water partition coefficient (Wildman–Crippen LogP) is 1.25. The van der Waals surface area contributed by atoms with Gasteiger partial charge in [0.05, 0.1) is 17.4 Å². The average Bonchev–Trinajstić information content (AvgIpc) is 2.77. The fraction of sp³-hybridized carbons (Fsp3) is 0.600. The molecule has 1 saturated heterocycles. The molecule has 2 aliphatic carbocycles. The molecule has 19 heavy (non-hydrogen) atoms. The molecule has 0 aromatic carbocycles. The zero-order chi connectivity index (χ0) is 13.9. The van der Waals surface area contributed by atoms with Crippen LogP contribution in [0, 0.1) is 23.2 Å². The normalized spacial score (nSPS) is 48.8. The maximum absolute atomic E-state index is 12.2. The first-order chi connectivity index (χ1) is 8.87. The van der Waals surface area contributed by atoms with Crippen molar-refractivity contribution in [2.75, 3.05) is 0 Å². The van der Waals surface area contributed by atoms with Crippen LogP contribution in [0.5, 0.6) is 0 Å². The van der Waals surface area contributed by atoms with Gasteiger partial charge in [-0.25, -0.2) is 4.79 Å². The van der Waals surface area contributed by atoms with Crippen LogP contribution in [0.15, 0.2) is 24.3 Å². The Balaban J connectivity index is 2.08. The Labute approximate surface area is 112 Å². The number of carbonyl (C=O) groups is 2. The smallest absolute Gasteiger partial charge is 0.334 e. The number of aliphatic hydroxyl groups is 1. The molecule has 102 valence electrons. The molecular weight excluding hydrogens is 244 g/mol. The fourth-order valence-corrected chi connectivity index (χ4v) is 3.98. The van der Waals surface area contributed by atoms with Crippen molar-refractivity contribution in [2.45, 2.75) is 32.5 Å². The Morgan fingerprint density at radius 1 is 1.47 bits per heavy atom. The largest absolute Gasteiger partial charge is 0.458 e. The van der Waals surface area contributed by atoms with Crippen molar-refractivity contribution in [2.24, 2.45) is 23.2 Å². The van der Waals surface area contributed by atoms with Crippen LogP contribution in [0.1, 0.15) is 20.3 Å². The lowest BCUT2D eigenvalue weighted by Crippen LogP contribution is -2.46. The minimum atomic E-state index is -0.922. The molecule has 1 unspecified atom stereocenters. The number of hydrogen-bond acceptors (Lipinski definition) is 4.